The molecule has 0 aliphatic heterocycles. The number of methoxy groups -OCH3 is 1. The molecule has 0 radical (unpaired) electrons. The van der Waals surface area contributed by atoms with Crippen LogP contribution in [0.3, 0.4) is 0 Å². The van der Waals surface area contributed by atoms with Crippen molar-refractivity contribution in [3.8, 4) is 0 Å². The van der Waals surface area contributed by atoms with Crippen LogP contribution in [0, 0.1) is 0 Å². The fraction of sp³-hybridized carbons (Fsp3) is 0.417. The van der Waals surface area contributed by atoms with Crippen LogP contribution in [0.1, 0.15) is 4.88 Å². The number of aliphatic hydroxyl groups is 1. The Labute approximate surface area is 115 Å². The van der Waals surface area contributed by atoms with Crippen LogP contribution in [0.5, 0.6) is 0 Å². The molecule has 0 saturated heterocycles. The highest BCUT2D eigenvalue weighted by Gasteiger charge is 2.11. The van der Waals surface area contributed by atoms with Gasteiger partial charge < -0.3 is 14.7 Å². The van der Waals surface area contributed by atoms with E-state index in [4.69, 9.17) is 16.3 Å². The molecule has 0 bridgehead atoms. The van der Waals surface area contributed by atoms with Gasteiger partial charge in [0.15, 0.2) is 0 Å². The van der Waals surface area contributed by atoms with E-state index in [9.17, 15) is 9.90 Å². The highest BCUT2D eigenvalue weighted by molar-refractivity contribution is 7.17. The van der Waals surface area contributed by atoms with Gasteiger partial charge in [-0.3, -0.25) is 4.79 Å². The Morgan fingerprint density at radius 3 is 2.94 bits per heavy atom. The second-order valence-electron chi connectivity index (χ2n) is 3.80. The van der Waals surface area contributed by atoms with Gasteiger partial charge in [-0.15, -0.1) is 11.3 Å². The number of hydrogen-bond donors (Lipinski definition) is 1. The third kappa shape index (κ3) is 5.18. The van der Waals surface area contributed by atoms with Crippen LogP contribution in [0.15, 0.2) is 18.2 Å². The van der Waals surface area contributed by atoms with Crippen LogP contribution < -0.4 is 0 Å². The lowest BCUT2D eigenvalue weighted by Crippen LogP contribution is -2.35. The summed E-state index contributed by atoms with van der Waals surface area (Å²) in [6.45, 7) is 0.448. The fourth-order valence-electron chi connectivity index (χ4n) is 1.35. The largest absolute Gasteiger partial charge is 0.389 e. The molecule has 6 heteroatoms. The van der Waals surface area contributed by atoms with Crippen molar-refractivity contribution in [3.63, 3.8) is 0 Å². The monoisotopic (exact) mass is 289 g/mol. The summed E-state index contributed by atoms with van der Waals surface area (Å²) < 4.78 is 5.48. The van der Waals surface area contributed by atoms with Crippen LogP contribution in [-0.2, 0) is 9.53 Å². The van der Waals surface area contributed by atoms with Gasteiger partial charge in [0.2, 0.25) is 5.91 Å². The van der Waals surface area contributed by atoms with E-state index < -0.39 is 6.10 Å². The Morgan fingerprint density at radius 2 is 2.39 bits per heavy atom. The number of amides is 1. The minimum absolute atomic E-state index is 0.172. The summed E-state index contributed by atoms with van der Waals surface area (Å²) in [6.07, 6.45) is 2.49. The van der Waals surface area contributed by atoms with Crippen molar-refractivity contribution in [1.82, 2.24) is 4.90 Å². The Bertz CT molecular complexity index is 419. The summed E-state index contributed by atoms with van der Waals surface area (Å²) in [7, 11) is 3.14. The molecule has 1 rings (SSSR count). The van der Waals surface area contributed by atoms with E-state index in [1.165, 1.54) is 29.4 Å². The van der Waals surface area contributed by atoms with Crippen molar-refractivity contribution in [1.29, 1.82) is 0 Å². The minimum atomic E-state index is -0.673. The number of thiophene rings is 1. The number of halogens is 1. The minimum Gasteiger partial charge on any atom is -0.389 e. The van der Waals surface area contributed by atoms with Gasteiger partial charge in [0, 0.05) is 31.7 Å². The first-order valence-electron chi connectivity index (χ1n) is 5.38. The van der Waals surface area contributed by atoms with E-state index in [-0.39, 0.29) is 19.1 Å². The van der Waals surface area contributed by atoms with Gasteiger partial charge in [-0.05, 0) is 18.2 Å². The molecule has 0 spiro atoms. The maximum absolute atomic E-state index is 11.7. The molecule has 1 amide bonds. The SMILES string of the molecule is COCC(O)CN(C)C(=O)/C=C/c1ccc(Cl)s1. The van der Waals surface area contributed by atoms with Crippen LogP contribution in [0.25, 0.3) is 6.08 Å². The quantitative estimate of drug-likeness (QED) is 0.814. The normalized spacial score (nSPS) is 12.9. The summed E-state index contributed by atoms with van der Waals surface area (Å²) >= 11 is 7.19. The maximum Gasteiger partial charge on any atom is 0.246 e. The summed E-state index contributed by atoms with van der Waals surface area (Å²) in [5.41, 5.74) is 0. The third-order valence-electron chi connectivity index (χ3n) is 2.20. The Kier molecular flexibility index (Phi) is 6.35. The van der Waals surface area contributed by atoms with Crippen molar-refractivity contribution in [2.75, 3.05) is 27.3 Å². The van der Waals surface area contributed by atoms with E-state index in [2.05, 4.69) is 0 Å². The molecule has 0 aliphatic rings. The summed E-state index contributed by atoms with van der Waals surface area (Å²) in [5.74, 6) is -0.172. The number of carbonyl (C=O) groups is 1. The summed E-state index contributed by atoms with van der Waals surface area (Å²) in [5, 5.41) is 9.50. The molecule has 1 aromatic rings. The van der Waals surface area contributed by atoms with E-state index in [0.29, 0.717) is 4.34 Å². The van der Waals surface area contributed by atoms with Gasteiger partial charge in [0.05, 0.1) is 17.0 Å². The number of rotatable bonds is 6. The standard InChI is InChI=1S/C12H16ClNO3S/c1-14(7-9(15)8-17-2)12(16)6-4-10-3-5-11(13)18-10/h3-6,9,15H,7-8H2,1-2H3/b6-4+. The Hall–Kier alpha value is -0.880. The van der Waals surface area contributed by atoms with Crippen molar-refractivity contribution in [2.45, 2.75) is 6.10 Å². The zero-order valence-corrected chi connectivity index (χ0v) is 11.9. The average molecular weight is 290 g/mol. The molecular weight excluding hydrogens is 274 g/mol. The highest BCUT2D eigenvalue weighted by Crippen LogP contribution is 2.22. The fourth-order valence-corrected chi connectivity index (χ4v) is 2.31. The van der Waals surface area contributed by atoms with Gasteiger partial charge in [-0.25, -0.2) is 0 Å². The first kappa shape index (κ1) is 15.2. The van der Waals surface area contributed by atoms with E-state index >= 15 is 0 Å². The second-order valence-corrected chi connectivity index (χ2v) is 5.55. The molecule has 0 aromatic carbocycles. The molecule has 1 atom stereocenters. The van der Waals surface area contributed by atoms with Gasteiger partial charge in [0.1, 0.15) is 0 Å². The predicted octanol–water partition coefficient (Wildman–Crippen LogP) is 1.88. The first-order valence-corrected chi connectivity index (χ1v) is 6.58. The van der Waals surface area contributed by atoms with Crippen LogP contribution in [0.4, 0.5) is 0 Å². The van der Waals surface area contributed by atoms with Crippen molar-refractivity contribution >= 4 is 34.9 Å². The number of aliphatic hydroxyl groups excluding tert-OH is 1. The van der Waals surface area contributed by atoms with Gasteiger partial charge in [0.25, 0.3) is 0 Å². The third-order valence-corrected chi connectivity index (χ3v) is 3.40. The molecule has 100 valence electrons. The summed E-state index contributed by atoms with van der Waals surface area (Å²) in [4.78, 5) is 14.1. The molecule has 18 heavy (non-hydrogen) atoms. The zero-order chi connectivity index (χ0) is 13.5. The van der Waals surface area contributed by atoms with Gasteiger partial charge in [-0.2, -0.15) is 0 Å². The molecule has 0 saturated carbocycles. The van der Waals surface area contributed by atoms with Gasteiger partial charge >= 0.3 is 0 Å². The summed E-state index contributed by atoms with van der Waals surface area (Å²) in [6, 6.07) is 3.62. The van der Waals surface area contributed by atoms with Crippen molar-refractivity contribution in [3.05, 3.63) is 27.4 Å². The number of ether oxygens (including phenoxy) is 1. The number of carbonyl (C=O) groups excluding carboxylic acids is 1. The highest BCUT2D eigenvalue weighted by atomic mass is 35.5. The lowest BCUT2D eigenvalue weighted by molar-refractivity contribution is -0.126. The lowest BCUT2D eigenvalue weighted by Gasteiger charge is -2.18. The maximum atomic E-state index is 11.7. The molecule has 1 heterocycles. The molecular formula is C12H16ClNO3S. The first-order chi connectivity index (χ1) is 8.52. The number of nitrogens with zero attached hydrogens (tertiary/aromatic N) is 1. The van der Waals surface area contributed by atoms with E-state index in [1.54, 1.807) is 19.2 Å². The van der Waals surface area contributed by atoms with Crippen LogP contribution in [-0.4, -0.2) is 49.3 Å². The molecule has 0 fully saturated rings. The molecule has 0 aliphatic carbocycles. The zero-order valence-electron chi connectivity index (χ0n) is 10.3. The second kappa shape index (κ2) is 7.53. The Balaban J connectivity index is 2.46. The molecule has 1 N–H and O–H groups in total. The lowest BCUT2D eigenvalue weighted by atomic mass is 10.3. The van der Waals surface area contributed by atoms with Crippen LogP contribution in [0.2, 0.25) is 4.34 Å². The number of likely N-dealkylation sites (N-methyl/N-ethyl adjacent to an activating group) is 1. The topological polar surface area (TPSA) is 49.8 Å². The molecule has 4 nitrogen and oxygen atoms in total. The number of hydrogen-bond acceptors (Lipinski definition) is 4. The van der Waals surface area contributed by atoms with Crippen molar-refractivity contribution in [2.24, 2.45) is 0 Å². The molecule has 1 unspecified atom stereocenters. The van der Waals surface area contributed by atoms with Crippen molar-refractivity contribution < 1.29 is 14.6 Å². The predicted molar refractivity (Wildman–Crippen MR) is 73.9 cm³/mol. The van der Waals surface area contributed by atoms with Gasteiger partial charge in [-0.1, -0.05) is 11.6 Å². The van der Waals surface area contributed by atoms with E-state index in [0.717, 1.165) is 4.88 Å². The van der Waals surface area contributed by atoms with Crippen LogP contribution >= 0.6 is 22.9 Å². The molecule has 1 aromatic heterocycles. The van der Waals surface area contributed by atoms with E-state index in [1.807, 2.05) is 6.07 Å². The Morgan fingerprint density at radius 1 is 1.67 bits per heavy atom. The smallest absolute Gasteiger partial charge is 0.246 e. The average Bonchev–Trinajstić information content (AvgIpc) is 2.72.